The summed E-state index contributed by atoms with van der Waals surface area (Å²) in [5.41, 5.74) is 1.67. The number of amides is 1. The lowest BCUT2D eigenvalue weighted by Gasteiger charge is -2.17. The minimum atomic E-state index is -0.0745. The Bertz CT molecular complexity index is 425. The lowest BCUT2D eigenvalue weighted by Crippen LogP contribution is -2.32. The van der Waals surface area contributed by atoms with Gasteiger partial charge in [0, 0.05) is 18.7 Å². The van der Waals surface area contributed by atoms with E-state index in [0.29, 0.717) is 5.75 Å². The third-order valence-corrected chi connectivity index (χ3v) is 3.26. The zero-order valence-electron chi connectivity index (χ0n) is 10.7. The first kappa shape index (κ1) is 12.9. The molecule has 0 spiro atoms. The molecular formula is C14H19NO3. The summed E-state index contributed by atoms with van der Waals surface area (Å²) in [4.78, 5) is 13.7. The third kappa shape index (κ3) is 2.82. The van der Waals surface area contributed by atoms with Gasteiger partial charge in [0.15, 0.2) is 6.61 Å². The topological polar surface area (TPSA) is 49.8 Å². The van der Waals surface area contributed by atoms with Crippen molar-refractivity contribution in [3.05, 3.63) is 29.3 Å². The van der Waals surface area contributed by atoms with Crippen LogP contribution in [0.5, 0.6) is 5.75 Å². The summed E-state index contributed by atoms with van der Waals surface area (Å²) in [5, 5.41) is 9.24. The van der Waals surface area contributed by atoms with E-state index in [-0.39, 0.29) is 19.1 Å². The molecule has 1 aliphatic rings. The predicted octanol–water partition coefficient (Wildman–Crippen LogP) is 1.49. The molecule has 1 amide bonds. The van der Waals surface area contributed by atoms with Crippen LogP contribution in [-0.4, -0.2) is 35.6 Å². The second kappa shape index (κ2) is 5.87. The predicted molar refractivity (Wildman–Crippen MR) is 68.4 cm³/mol. The van der Waals surface area contributed by atoms with Crippen LogP contribution in [0.15, 0.2) is 18.2 Å². The second-order valence-corrected chi connectivity index (χ2v) is 4.60. The lowest BCUT2D eigenvalue weighted by molar-refractivity contribution is -0.132. The Hall–Kier alpha value is -1.55. The van der Waals surface area contributed by atoms with Crippen molar-refractivity contribution >= 4 is 5.91 Å². The van der Waals surface area contributed by atoms with Crippen LogP contribution >= 0.6 is 0 Å². The Morgan fingerprint density at radius 3 is 2.78 bits per heavy atom. The number of carbonyl (C=O) groups is 1. The van der Waals surface area contributed by atoms with E-state index in [2.05, 4.69) is 0 Å². The Labute approximate surface area is 107 Å². The van der Waals surface area contributed by atoms with Crippen LogP contribution in [0.4, 0.5) is 0 Å². The van der Waals surface area contributed by atoms with Gasteiger partial charge in [0.25, 0.3) is 5.91 Å². The number of hydrogen-bond acceptors (Lipinski definition) is 3. The largest absolute Gasteiger partial charge is 0.483 e. The highest BCUT2D eigenvalue weighted by atomic mass is 16.5. The van der Waals surface area contributed by atoms with Gasteiger partial charge in [0.1, 0.15) is 5.75 Å². The maximum Gasteiger partial charge on any atom is 0.260 e. The minimum Gasteiger partial charge on any atom is -0.483 e. The van der Waals surface area contributed by atoms with Crippen molar-refractivity contribution in [3.63, 3.8) is 0 Å². The average molecular weight is 249 g/mol. The Morgan fingerprint density at radius 2 is 2.11 bits per heavy atom. The quantitative estimate of drug-likeness (QED) is 0.879. The molecule has 1 aromatic rings. The average Bonchev–Trinajstić information content (AvgIpc) is 2.90. The molecule has 98 valence electrons. The molecule has 0 unspecified atom stereocenters. The molecule has 0 bridgehead atoms. The van der Waals surface area contributed by atoms with Crippen LogP contribution in [0.1, 0.15) is 24.0 Å². The van der Waals surface area contributed by atoms with Gasteiger partial charge in [-0.05, 0) is 25.3 Å². The molecule has 1 saturated heterocycles. The van der Waals surface area contributed by atoms with Gasteiger partial charge in [0.05, 0.1) is 6.61 Å². The van der Waals surface area contributed by atoms with Crippen LogP contribution in [-0.2, 0) is 11.4 Å². The van der Waals surface area contributed by atoms with E-state index < -0.39 is 0 Å². The smallest absolute Gasteiger partial charge is 0.260 e. The Morgan fingerprint density at radius 1 is 1.39 bits per heavy atom. The van der Waals surface area contributed by atoms with Crippen molar-refractivity contribution in [2.75, 3.05) is 19.7 Å². The number of rotatable bonds is 4. The van der Waals surface area contributed by atoms with Gasteiger partial charge in [-0.15, -0.1) is 0 Å². The van der Waals surface area contributed by atoms with Gasteiger partial charge < -0.3 is 14.7 Å². The zero-order chi connectivity index (χ0) is 13.0. The molecule has 1 aliphatic heterocycles. The number of aliphatic hydroxyl groups is 1. The third-order valence-electron chi connectivity index (χ3n) is 3.26. The first-order valence-electron chi connectivity index (χ1n) is 6.32. The highest BCUT2D eigenvalue weighted by Gasteiger charge is 2.18. The van der Waals surface area contributed by atoms with Gasteiger partial charge in [-0.1, -0.05) is 18.2 Å². The molecular weight excluding hydrogens is 230 g/mol. The van der Waals surface area contributed by atoms with E-state index in [9.17, 15) is 9.90 Å². The maximum atomic E-state index is 11.9. The summed E-state index contributed by atoms with van der Waals surface area (Å²) >= 11 is 0. The van der Waals surface area contributed by atoms with Crippen LogP contribution in [0, 0.1) is 6.92 Å². The molecule has 4 nitrogen and oxygen atoms in total. The monoisotopic (exact) mass is 249 g/mol. The highest BCUT2D eigenvalue weighted by molar-refractivity contribution is 5.78. The first-order valence-corrected chi connectivity index (χ1v) is 6.32. The molecule has 2 rings (SSSR count). The molecule has 0 aromatic heterocycles. The van der Waals surface area contributed by atoms with Crippen LogP contribution in [0.3, 0.4) is 0 Å². The van der Waals surface area contributed by atoms with Crippen molar-refractivity contribution in [3.8, 4) is 5.75 Å². The molecule has 1 aromatic carbocycles. The van der Waals surface area contributed by atoms with Crippen molar-refractivity contribution < 1.29 is 14.6 Å². The number of aryl methyl sites for hydroxylation is 1. The Balaban J connectivity index is 1.99. The van der Waals surface area contributed by atoms with E-state index in [0.717, 1.165) is 37.1 Å². The fourth-order valence-corrected chi connectivity index (χ4v) is 2.24. The molecule has 0 radical (unpaired) electrons. The van der Waals surface area contributed by atoms with E-state index in [4.69, 9.17) is 4.74 Å². The number of ether oxygens (including phenoxy) is 1. The lowest BCUT2D eigenvalue weighted by atomic mass is 10.1. The van der Waals surface area contributed by atoms with E-state index in [1.165, 1.54) is 0 Å². The first-order chi connectivity index (χ1) is 8.72. The number of para-hydroxylation sites is 1. The standard InChI is InChI=1S/C14H19NO3/c1-11-5-4-6-12(9-16)14(11)18-10-13(17)15-7-2-3-8-15/h4-6,16H,2-3,7-10H2,1H3. The second-order valence-electron chi connectivity index (χ2n) is 4.60. The van der Waals surface area contributed by atoms with E-state index in [1.54, 1.807) is 0 Å². The summed E-state index contributed by atoms with van der Waals surface area (Å²) in [6, 6.07) is 5.59. The molecule has 0 saturated carbocycles. The molecule has 0 atom stereocenters. The van der Waals surface area contributed by atoms with Crippen LogP contribution in [0.25, 0.3) is 0 Å². The summed E-state index contributed by atoms with van der Waals surface area (Å²) < 4.78 is 5.58. The zero-order valence-corrected chi connectivity index (χ0v) is 10.7. The van der Waals surface area contributed by atoms with Gasteiger partial charge >= 0.3 is 0 Å². The normalized spacial score (nSPS) is 14.9. The summed E-state index contributed by atoms with van der Waals surface area (Å²) in [5.74, 6) is 0.659. The number of nitrogens with zero attached hydrogens (tertiary/aromatic N) is 1. The van der Waals surface area contributed by atoms with E-state index >= 15 is 0 Å². The summed E-state index contributed by atoms with van der Waals surface area (Å²) in [6.07, 6.45) is 2.16. The molecule has 1 fully saturated rings. The van der Waals surface area contributed by atoms with Crippen molar-refractivity contribution in [1.82, 2.24) is 4.90 Å². The highest BCUT2D eigenvalue weighted by Crippen LogP contribution is 2.23. The van der Waals surface area contributed by atoms with Crippen LogP contribution in [0.2, 0.25) is 0 Å². The van der Waals surface area contributed by atoms with Crippen LogP contribution < -0.4 is 4.74 Å². The minimum absolute atomic E-state index is 0.0274. The molecule has 1 N–H and O–H groups in total. The number of benzene rings is 1. The van der Waals surface area contributed by atoms with Crippen molar-refractivity contribution in [1.29, 1.82) is 0 Å². The number of carbonyl (C=O) groups excluding carboxylic acids is 1. The molecule has 18 heavy (non-hydrogen) atoms. The van der Waals surface area contributed by atoms with Gasteiger partial charge in [-0.25, -0.2) is 0 Å². The van der Waals surface area contributed by atoms with Gasteiger partial charge in [-0.3, -0.25) is 4.79 Å². The summed E-state index contributed by atoms with van der Waals surface area (Å²) in [7, 11) is 0. The fraction of sp³-hybridized carbons (Fsp3) is 0.500. The number of likely N-dealkylation sites (tertiary alicyclic amines) is 1. The van der Waals surface area contributed by atoms with Crippen molar-refractivity contribution in [2.45, 2.75) is 26.4 Å². The number of aliphatic hydroxyl groups excluding tert-OH is 1. The number of hydrogen-bond donors (Lipinski definition) is 1. The fourth-order valence-electron chi connectivity index (χ4n) is 2.24. The Kier molecular flexibility index (Phi) is 4.20. The maximum absolute atomic E-state index is 11.9. The molecule has 1 heterocycles. The van der Waals surface area contributed by atoms with Crippen molar-refractivity contribution in [2.24, 2.45) is 0 Å². The molecule has 4 heteroatoms. The summed E-state index contributed by atoms with van der Waals surface area (Å²) in [6.45, 7) is 3.56. The van der Waals surface area contributed by atoms with E-state index in [1.807, 2.05) is 30.0 Å². The molecule has 0 aliphatic carbocycles. The van der Waals surface area contributed by atoms with Gasteiger partial charge in [0.2, 0.25) is 0 Å². The van der Waals surface area contributed by atoms with Gasteiger partial charge in [-0.2, -0.15) is 0 Å². The SMILES string of the molecule is Cc1cccc(CO)c1OCC(=O)N1CCCC1.